The molecule has 0 aromatic carbocycles. The fourth-order valence-electron chi connectivity index (χ4n) is 1.50. The molecule has 0 radical (unpaired) electrons. The number of ketones is 1. The highest BCUT2D eigenvalue weighted by atomic mass is 16.5. The molecule has 0 spiro atoms. The van der Waals surface area contributed by atoms with Crippen LogP contribution in [0, 0.1) is 5.92 Å². The molecule has 0 aromatic rings. The molecule has 0 aliphatic rings. The third kappa shape index (κ3) is 15.6. The van der Waals surface area contributed by atoms with Gasteiger partial charge in [0.25, 0.3) is 0 Å². The Morgan fingerprint density at radius 1 is 1.11 bits per heavy atom. The van der Waals surface area contributed by atoms with Crippen LogP contribution in [0.2, 0.25) is 0 Å². The summed E-state index contributed by atoms with van der Waals surface area (Å²) < 4.78 is 4.88. The number of carbonyl (C=O) groups is 1. The van der Waals surface area contributed by atoms with E-state index in [1.807, 2.05) is 13.8 Å². The summed E-state index contributed by atoms with van der Waals surface area (Å²) in [6.07, 6.45) is 6.19. The summed E-state index contributed by atoms with van der Waals surface area (Å²) in [6.45, 7) is 9.72. The largest absolute Gasteiger partial charge is 0.394 e. The molecule has 1 N–H and O–H groups in total. The Morgan fingerprint density at radius 3 is 2.22 bits per heavy atom. The van der Waals surface area contributed by atoms with Crippen molar-refractivity contribution in [3.05, 3.63) is 0 Å². The monoisotopic (exact) mass is 260 g/mol. The molecular weight excluding hydrogens is 228 g/mol. The number of ether oxygens (including phenoxy) is 1. The van der Waals surface area contributed by atoms with E-state index in [-0.39, 0.29) is 6.61 Å². The van der Waals surface area contributed by atoms with Gasteiger partial charge in [-0.3, -0.25) is 4.79 Å². The topological polar surface area (TPSA) is 46.5 Å². The van der Waals surface area contributed by atoms with Gasteiger partial charge in [-0.15, -0.1) is 0 Å². The quantitative estimate of drug-likeness (QED) is 0.611. The van der Waals surface area contributed by atoms with Crippen molar-refractivity contribution in [2.24, 2.45) is 5.92 Å². The van der Waals surface area contributed by atoms with Crippen molar-refractivity contribution in [1.82, 2.24) is 0 Å². The van der Waals surface area contributed by atoms with Gasteiger partial charge in [0, 0.05) is 18.9 Å². The molecular formula is C15H32O3. The molecule has 0 aromatic heterocycles. The predicted molar refractivity (Wildman–Crippen MR) is 76.8 cm³/mol. The first-order valence-electron chi connectivity index (χ1n) is 7.35. The van der Waals surface area contributed by atoms with Crippen LogP contribution in [0.5, 0.6) is 0 Å². The molecule has 0 aliphatic heterocycles. The lowest BCUT2D eigenvalue weighted by molar-refractivity contribution is -0.122. The van der Waals surface area contributed by atoms with Crippen LogP contribution in [0.25, 0.3) is 0 Å². The Balaban J connectivity index is 0. The first kappa shape index (κ1) is 19.9. The third-order valence-electron chi connectivity index (χ3n) is 2.63. The minimum absolute atomic E-state index is 0.139. The molecule has 110 valence electrons. The second kappa shape index (κ2) is 16.6. The number of aliphatic hydroxyl groups excluding tert-OH is 1. The zero-order valence-electron chi connectivity index (χ0n) is 12.7. The zero-order chi connectivity index (χ0) is 14.2. The molecule has 0 heterocycles. The van der Waals surface area contributed by atoms with Crippen molar-refractivity contribution in [3.8, 4) is 0 Å². The minimum atomic E-state index is 0.139. The Kier molecular flexibility index (Phi) is 18.4. The SMILES string of the molecule is CCCCC(=O)C(C)CCC.CCCOCCO. The molecule has 1 unspecified atom stereocenters. The maximum absolute atomic E-state index is 11.3. The molecule has 0 saturated carbocycles. The van der Waals surface area contributed by atoms with E-state index in [0.717, 1.165) is 45.1 Å². The lowest BCUT2D eigenvalue weighted by atomic mass is 9.97. The summed E-state index contributed by atoms with van der Waals surface area (Å²) in [5.41, 5.74) is 0. The van der Waals surface area contributed by atoms with E-state index in [4.69, 9.17) is 9.84 Å². The molecule has 18 heavy (non-hydrogen) atoms. The number of aliphatic hydroxyl groups is 1. The van der Waals surface area contributed by atoms with Gasteiger partial charge in [-0.2, -0.15) is 0 Å². The van der Waals surface area contributed by atoms with Gasteiger partial charge in [-0.25, -0.2) is 0 Å². The van der Waals surface area contributed by atoms with Gasteiger partial charge in [-0.05, 0) is 19.3 Å². The second-order valence-electron chi connectivity index (χ2n) is 4.60. The first-order chi connectivity index (χ1) is 8.63. The van der Waals surface area contributed by atoms with E-state index < -0.39 is 0 Å². The summed E-state index contributed by atoms with van der Waals surface area (Å²) in [7, 11) is 0. The van der Waals surface area contributed by atoms with Crippen LogP contribution in [-0.2, 0) is 9.53 Å². The van der Waals surface area contributed by atoms with E-state index in [9.17, 15) is 4.79 Å². The normalized spacial score (nSPS) is 11.6. The van der Waals surface area contributed by atoms with E-state index >= 15 is 0 Å². The lowest BCUT2D eigenvalue weighted by Crippen LogP contribution is -2.09. The molecule has 1 atom stereocenters. The summed E-state index contributed by atoms with van der Waals surface area (Å²) >= 11 is 0. The smallest absolute Gasteiger partial charge is 0.135 e. The number of unbranched alkanes of at least 4 members (excludes halogenated alkanes) is 1. The fraction of sp³-hybridized carbons (Fsp3) is 0.933. The number of Topliss-reactive ketones (excluding diaryl/α,β-unsaturated/α-hetero) is 1. The Morgan fingerprint density at radius 2 is 1.78 bits per heavy atom. The van der Waals surface area contributed by atoms with Crippen molar-refractivity contribution in [2.75, 3.05) is 19.8 Å². The highest BCUT2D eigenvalue weighted by molar-refractivity contribution is 5.80. The molecule has 0 saturated heterocycles. The molecule has 3 nitrogen and oxygen atoms in total. The maximum atomic E-state index is 11.3. The van der Waals surface area contributed by atoms with Crippen molar-refractivity contribution in [3.63, 3.8) is 0 Å². The van der Waals surface area contributed by atoms with Crippen LogP contribution < -0.4 is 0 Å². The van der Waals surface area contributed by atoms with Crippen LogP contribution in [0.1, 0.15) is 66.2 Å². The summed E-state index contributed by atoms with van der Waals surface area (Å²) in [5, 5.41) is 8.17. The second-order valence-corrected chi connectivity index (χ2v) is 4.60. The average Bonchev–Trinajstić information content (AvgIpc) is 2.37. The fourth-order valence-corrected chi connectivity index (χ4v) is 1.50. The third-order valence-corrected chi connectivity index (χ3v) is 2.63. The predicted octanol–water partition coefficient (Wildman–Crippen LogP) is 3.59. The lowest BCUT2D eigenvalue weighted by Gasteiger charge is -2.07. The molecule has 0 bridgehead atoms. The van der Waals surface area contributed by atoms with E-state index in [0.29, 0.717) is 18.3 Å². The molecule has 0 rings (SSSR count). The number of rotatable bonds is 10. The molecule has 3 heteroatoms. The van der Waals surface area contributed by atoms with Gasteiger partial charge in [0.15, 0.2) is 0 Å². The number of hydrogen-bond acceptors (Lipinski definition) is 3. The Bertz CT molecular complexity index is 165. The first-order valence-corrected chi connectivity index (χ1v) is 7.35. The van der Waals surface area contributed by atoms with Gasteiger partial charge in [-0.1, -0.05) is 40.5 Å². The van der Waals surface area contributed by atoms with Crippen molar-refractivity contribution in [1.29, 1.82) is 0 Å². The van der Waals surface area contributed by atoms with Crippen molar-refractivity contribution in [2.45, 2.75) is 66.2 Å². The van der Waals surface area contributed by atoms with E-state index in [1.54, 1.807) is 0 Å². The average molecular weight is 260 g/mol. The number of carbonyl (C=O) groups excluding carboxylic acids is 1. The van der Waals surface area contributed by atoms with Gasteiger partial charge in [0.05, 0.1) is 13.2 Å². The van der Waals surface area contributed by atoms with Gasteiger partial charge < -0.3 is 9.84 Å². The van der Waals surface area contributed by atoms with Crippen molar-refractivity contribution >= 4 is 5.78 Å². The van der Waals surface area contributed by atoms with Gasteiger partial charge in [0.2, 0.25) is 0 Å². The molecule has 0 amide bonds. The minimum Gasteiger partial charge on any atom is -0.394 e. The summed E-state index contributed by atoms with van der Waals surface area (Å²) in [6, 6.07) is 0. The Labute approximate surface area is 113 Å². The molecule has 0 aliphatic carbocycles. The van der Waals surface area contributed by atoms with E-state index in [2.05, 4.69) is 13.8 Å². The molecule has 0 fully saturated rings. The zero-order valence-corrected chi connectivity index (χ0v) is 12.7. The van der Waals surface area contributed by atoms with Crippen molar-refractivity contribution < 1.29 is 14.6 Å². The van der Waals surface area contributed by atoms with Crippen LogP contribution >= 0.6 is 0 Å². The highest BCUT2D eigenvalue weighted by Crippen LogP contribution is 2.10. The van der Waals surface area contributed by atoms with Crippen LogP contribution in [-0.4, -0.2) is 30.7 Å². The maximum Gasteiger partial charge on any atom is 0.135 e. The number of hydrogen-bond donors (Lipinski definition) is 1. The van der Waals surface area contributed by atoms with Crippen LogP contribution in [0.4, 0.5) is 0 Å². The van der Waals surface area contributed by atoms with Gasteiger partial charge in [0.1, 0.15) is 5.78 Å². The van der Waals surface area contributed by atoms with Gasteiger partial charge >= 0.3 is 0 Å². The van der Waals surface area contributed by atoms with Crippen LogP contribution in [0.3, 0.4) is 0 Å². The Hall–Kier alpha value is -0.410. The summed E-state index contributed by atoms with van der Waals surface area (Å²) in [4.78, 5) is 11.3. The highest BCUT2D eigenvalue weighted by Gasteiger charge is 2.09. The van der Waals surface area contributed by atoms with Crippen LogP contribution in [0.15, 0.2) is 0 Å². The summed E-state index contributed by atoms with van der Waals surface area (Å²) in [5.74, 6) is 0.750. The van der Waals surface area contributed by atoms with E-state index in [1.165, 1.54) is 0 Å². The standard InChI is InChI=1S/C10H20O.C5H12O2/c1-4-6-8-10(11)9(3)7-5-2;1-2-4-7-5-3-6/h9H,4-8H2,1-3H3;6H,2-5H2,1H3.